The first kappa shape index (κ1) is 15.8. The molecule has 0 spiro atoms. The van der Waals surface area contributed by atoms with Crippen molar-refractivity contribution in [3.63, 3.8) is 0 Å². The molecule has 19 heavy (non-hydrogen) atoms. The van der Waals surface area contributed by atoms with Gasteiger partial charge < -0.3 is 10.6 Å². The quantitative estimate of drug-likeness (QED) is 0.787. The van der Waals surface area contributed by atoms with E-state index in [0.717, 1.165) is 12.1 Å². The third-order valence-electron chi connectivity index (χ3n) is 2.64. The van der Waals surface area contributed by atoms with Gasteiger partial charge in [0, 0.05) is 17.1 Å². The lowest BCUT2D eigenvalue weighted by molar-refractivity contribution is 0.244. The topological polar surface area (TPSA) is 41.1 Å². The lowest BCUT2D eigenvalue weighted by Gasteiger charge is -2.23. The minimum Gasteiger partial charge on any atom is -0.332 e. The molecule has 1 rings (SSSR count). The zero-order valence-electron chi connectivity index (χ0n) is 12.1. The molecule has 0 atom stereocenters. The van der Waals surface area contributed by atoms with Crippen LogP contribution in [0.2, 0.25) is 0 Å². The van der Waals surface area contributed by atoms with E-state index in [1.807, 2.05) is 38.1 Å². The van der Waals surface area contributed by atoms with E-state index in [9.17, 15) is 4.79 Å². The van der Waals surface area contributed by atoms with Gasteiger partial charge in [0.2, 0.25) is 0 Å². The van der Waals surface area contributed by atoms with Crippen molar-refractivity contribution in [2.45, 2.75) is 39.7 Å². The lowest BCUT2D eigenvalue weighted by Crippen LogP contribution is -2.46. The summed E-state index contributed by atoms with van der Waals surface area (Å²) in [6.45, 7) is 8.14. The van der Waals surface area contributed by atoms with Crippen molar-refractivity contribution in [3.8, 4) is 0 Å². The Kier molecular flexibility index (Phi) is 5.67. The van der Waals surface area contributed by atoms with E-state index in [1.54, 1.807) is 0 Å². The maximum atomic E-state index is 11.8. The summed E-state index contributed by atoms with van der Waals surface area (Å²) in [6.07, 6.45) is 1.05. The van der Waals surface area contributed by atoms with E-state index in [2.05, 4.69) is 24.5 Å². The second-order valence-corrected chi connectivity index (χ2v) is 6.16. The van der Waals surface area contributed by atoms with Crippen LogP contribution in [0.15, 0.2) is 24.3 Å². The Hall–Kier alpha value is -1.22. The molecule has 3 nitrogen and oxygen atoms in total. The summed E-state index contributed by atoms with van der Waals surface area (Å²) < 4.78 is 0. The Morgan fingerprint density at radius 3 is 2.32 bits per heavy atom. The number of nitrogens with one attached hydrogen (secondary N) is 2. The van der Waals surface area contributed by atoms with Crippen LogP contribution in [0.4, 0.5) is 10.5 Å². The molecule has 1 aromatic rings. The van der Waals surface area contributed by atoms with Gasteiger partial charge in [-0.15, -0.1) is 11.6 Å². The minimum absolute atomic E-state index is 0.234. The summed E-state index contributed by atoms with van der Waals surface area (Å²) in [5, 5.41) is 5.62. The molecule has 0 aliphatic carbocycles. The number of hydrogen-bond donors (Lipinski definition) is 2. The van der Waals surface area contributed by atoms with Crippen LogP contribution in [-0.2, 0) is 6.42 Å². The summed E-state index contributed by atoms with van der Waals surface area (Å²) >= 11 is 5.77. The molecule has 0 heterocycles. The predicted octanol–water partition coefficient (Wildman–Crippen LogP) is 4.02. The van der Waals surface area contributed by atoms with E-state index >= 15 is 0 Å². The van der Waals surface area contributed by atoms with Crippen LogP contribution in [-0.4, -0.2) is 17.5 Å². The molecule has 2 N–H and O–H groups in total. The van der Waals surface area contributed by atoms with Gasteiger partial charge in [-0.3, -0.25) is 0 Å². The normalized spacial score (nSPS) is 11.5. The molecule has 4 heteroatoms. The van der Waals surface area contributed by atoms with Crippen molar-refractivity contribution in [2.24, 2.45) is 5.92 Å². The molecule has 1 aromatic carbocycles. The Morgan fingerprint density at radius 2 is 1.84 bits per heavy atom. The third kappa shape index (κ3) is 5.97. The molecule has 0 unspecified atom stereocenters. The monoisotopic (exact) mass is 282 g/mol. The van der Waals surface area contributed by atoms with Gasteiger partial charge in [0.1, 0.15) is 0 Å². The first-order valence-corrected chi connectivity index (χ1v) is 7.10. The zero-order chi connectivity index (χ0) is 14.5. The summed E-state index contributed by atoms with van der Waals surface area (Å²) in [5.74, 6) is 1.000. The van der Waals surface area contributed by atoms with Gasteiger partial charge >= 0.3 is 6.03 Å². The first-order chi connectivity index (χ1) is 8.82. The highest BCUT2D eigenvalue weighted by Gasteiger charge is 2.18. The summed E-state index contributed by atoms with van der Waals surface area (Å²) in [7, 11) is 0. The molecule has 0 fully saturated rings. The fourth-order valence-electron chi connectivity index (χ4n) is 1.70. The predicted molar refractivity (Wildman–Crippen MR) is 81.9 cm³/mol. The van der Waals surface area contributed by atoms with Gasteiger partial charge in [0.05, 0.1) is 0 Å². The number of benzene rings is 1. The van der Waals surface area contributed by atoms with Crippen LogP contribution >= 0.6 is 11.6 Å². The number of hydrogen-bond acceptors (Lipinski definition) is 1. The summed E-state index contributed by atoms with van der Waals surface area (Å²) in [6, 6.07) is 7.70. The fraction of sp³-hybridized carbons (Fsp3) is 0.533. The number of rotatable bonds is 5. The first-order valence-electron chi connectivity index (χ1n) is 6.56. The van der Waals surface area contributed by atoms with Crippen LogP contribution in [0.1, 0.15) is 33.3 Å². The van der Waals surface area contributed by atoms with Gasteiger partial charge in [-0.2, -0.15) is 0 Å². The Labute approximate surface area is 120 Å². The van der Waals surface area contributed by atoms with Crippen molar-refractivity contribution in [3.05, 3.63) is 29.8 Å². The number of carbonyl (C=O) groups is 1. The van der Waals surface area contributed by atoms with Crippen molar-refractivity contribution in [1.29, 1.82) is 0 Å². The number of alkyl halides is 1. The molecule has 0 aliphatic rings. The number of anilines is 1. The van der Waals surface area contributed by atoms with E-state index in [-0.39, 0.29) is 6.03 Å². The van der Waals surface area contributed by atoms with Crippen LogP contribution in [0, 0.1) is 5.92 Å². The highest BCUT2D eigenvalue weighted by molar-refractivity contribution is 6.18. The van der Waals surface area contributed by atoms with Gasteiger partial charge in [-0.05, 0) is 43.9 Å². The molecular formula is C15H23ClN2O. The van der Waals surface area contributed by atoms with Crippen LogP contribution < -0.4 is 10.6 Å². The second-order valence-electron chi connectivity index (χ2n) is 5.89. The number of urea groups is 1. The van der Waals surface area contributed by atoms with Crippen molar-refractivity contribution in [1.82, 2.24) is 5.32 Å². The SMILES string of the molecule is CC(C)Cc1ccc(NC(=O)NC(C)(C)CCl)cc1. The Balaban J connectivity index is 2.56. The second kappa shape index (κ2) is 6.80. The van der Waals surface area contributed by atoms with Crippen molar-refractivity contribution in [2.75, 3.05) is 11.2 Å². The number of carbonyl (C=O) groups excluding carboxylic acids is 1. The minimum atomic E-state index is -0.413. The molecule has 0 aliphatic heterocycles. The molecule has 0 aromatic heterocycles. The van der Waals surface area contributed by atoms with E-state index < -0.39 is 5.54 Å². The smallest absolute Gasteiger partial charge is 0.319 e. The molecule has 0 bridgehead atoms. The maximum absolute atomic E-state index is 11.8. The molecule has 0 saturated heterocycles. The average molecular weight is 283 g/mol. The van der Waals surface area contributed by atoms with E-state index in [4.69, 9.17) is 11.6 Å². The summed E-state index contributed by atoms with van der Waals surface area (Å²) in [5.41, 5.74) is 1.65. The van der Waals surface area contributed by atoms with Crippen LogP contribution in [0.25, 0.3) is 0 Å². The maximum Gasteiger partial charge on any atom is 0.319 e. The van der Waals surface area contributed by atoms with Gasteiger partial charge in [0.15, 0.2) is 0 Å². The van der Waals surface area contributed by atoms with Gasteiger partial charge in [-0.25, -0.2) is 4.79 Å². The molecule has 106 valence electrons. The molecule has 0 radical (unpaired) electrons. The Morgan fingerprint density at radius 1 is 1.26 bits per heavy atom. The van der Waals surface area contributed by atoms with E-state index in [0.29, 0.717) is 11.8 Å². The van der Waals surface area contributed by atoms with Crippen LogP contribution in [0.5, 0.6) is 0 Å². The average Bonchev–Trinajstić information content (AvgIpc) is 2.30. The highest BCUT2D eigenvalue weighted by atomic mass is 35.5. The van der Waals surface area contributed by atoms with Crippen LogP contribution in [0.3, 0.4) is 0 Å². The molecule has 0 saturated carbocycles. The summed E-state index contributed by atoms with van der Waals surface area (Å²) in [4.78, 5) is 11.8. The number of halogens is 1. The molecule has 2 amide bonds. The third-order valence-corrected chi connectivity index (χ3v) is 3.31. The zero-order valence-corrected chi connectivity index (χ0v) is 12.8. The fourth-order valence-corrected chi connectivity index (χ4v) is 1.77. The van der Waals surface area contributed by atoms with Crippen molar-refractivity contribution >= 4 is 23.3 Å². The standard InChI is InChI=1S/C15H23ClN2O/c1-11(2)9-12-5-7-13(8-6-12)17-14(19)18-15(3,4)10-16/h5-8,11H,9-10H2,1-4H3,(H2,17,18,19). The largest absolute Gasteiger partial charge is 0.332 e. The number of amides is 2. The lowest BCUT2D eigenvalue weighted by atomic mass is 10.0. The molecular weight excluding hydrogens is 260 g/mol. The highest BCUT2D eigenvalue weighted by Crippen LogP contribution is 2.13. The van der Waals surface area contributed by atoms with E-state index in [1.165, 1.54) is 5.56 Å². The van der Waals surface area contributed by atoms with Crippen molar-refractivity contribution < 1.29 is 4.79 Å². The van der Waals surface area contributed by atoms with Gasteiger partial charge in [-0.1, -0.05) is 26.0 Å². The Bertz CT molecular complexity index is 413. The van der Waals surface area contributed by atoms with Gasteiger partial charge in [0.25, 0.3) is 0 Å².